The first kappa shape index (κ1) is 17.1. The third-order valence-electron chi connectivity index (χ3n) is 3.92. The molecule has 0 bridgehead atoms. The highest BCUT2D eigenvalue weighted by atomic mass is 16.5. The van der Waals surface area contributed by atoms with Gasteiger partial charge in [0.1, 0.15) is 0 Å². The van der Waals surface area contributed by atoms with Crippen molar-refractivity contribution in [3.8, 4) is 11.5 Å². The van der Waals surface area contributed by atoms with Gasteiger partial charge in [0.25, 0.3) is 5.91 Å². The summed E-state index contributed by atoms with van der Waals surface area (Å²) in [6.07, 6.45) is 0.330. The molecule has 2 rings (SSSR count). The Bertz CT molecular complexity index is 607. The molecule has 0 saturated carbocycles. The number of amides is 2. The summed E-state index contributed by atoms with van der Waals surface area (Å²) in [5, 5.41) is 2.92. The third-order valence-corrected chi connectivity index (χ3v) is 3.92. The van der Waals surface area contributed by atoms with Crippen molar-refractivity contribution < 1.29 is 19.1 Å². The van der Waals surface area contributed by atoms with Crippen molar-refractivity contribution in [2.75, 3.05) is 20.8 Å². The second-order valence-electron chi connectivity index (χ2n) is 6.62. The molecule has 0 aromatic heterocycles. The minimum atomic E-state index is -0.236. The molecular formula is C17H24N2O4. The van der Waals surface area contributed by atoms with Gasteiger partial charge in [-0.1, -0.05) is 0 Å². The molecule has 1 atom stereocenters. The Balaban J connectivity index is 2.07. The van der Waals surface area contributed by atoms with Crippen molar-refractivity contribution in [1.29, 1.82) is 0 Å². The molecule has 126 valence electrons. The molecule has 0 spiro atoms. The van der Waals surface area contributed by atoms with Gasteiger partial charge in [-0.2, -0.15) is 0 Å². The molecule has 0 aliphatic carbocycles. The topological polar surface area (TPSA) is 67.9 Å². The van der Waals surface area contributed by atoms with Gasteiger partial charge in [-0.15, -0.1) is 0 Å². The highest BCUT2D eigenvalue weighted by molar-refractivity contribution is 5.95. The van der Waals surface area contributed by atoms with E-state index >= 15 is 0 Å². The van der Waals surface area contributed by atoms with Crippen LogP contribution in [0.25, 0.3) is 0 Å². The zero-order valence-corrected chi connectivity index (χ0v) is 14.3. The number of hydrogen-bond acceptors (Lipinski definition) is 4. The van der Waals surface area contributed by atoms with Gasteiger partial charge in [0.2, 0.25) is 5.91 Å². The largest absolute Gasteiger partial charge is 0.493 e. The molecule has 1 heterocycles. The molecule has 1 N–H and O–H groups in total. The average Bonchev–Trinajstić information content (AvgIpc) is 2.87. The lowest BCUT2D eigenvalue weighted by Crippen LogP contribution is -2.44. The maximum Gasteiger partial charge on any atom is 0.251 e. The van der Waals surface area contributed by atoms with Crippen LogP contribution in [0.3, 0.4) is 0 Å². The summed E-state index contributed by atoms with van der Waals surface area (Å²) in [4.78, 5) is 26.3. The fourth-order valence-corrected chi connectivity index (χ4v) is 2.70. The van der Waals surface area contributed by atoms with Gasteiger partial charge in [0, 0.05) is 24.1 Å². The van der Waals surface area contributed by atoms with Crippen LogP contribution >= 0.6 is 0 Å². The quantitative estimate of drug-likeness (QED) is 0.919. The molecule has 1 unspecified atom stereocenters. The zero-order chi connectivity index (χ0) is 17.2. The molecule has 1 aliphatic rings. The Kier molecular flexibility index (Phi) is 4.82. The molecule has 6 nitrogen and oxygen atoms in total. The van der Waals surface area contributed by atoms with Crippen molar-refractivity contribution >= 4 is 11.8 Å². The predicted octanol–water partition coefficient (Wildman–Crippen LogP) is 1.83. The van der Waals surface area contributed by atoms with E-state index in [0.29, 0.717) is 30.0 Å². The highest BCUT2D eigenvalue weighted by Gasteiger charge is 2.36. The molecule has 1 fully saturated rings. The minimum Gasteiger partial charge on any atom is -0.493 e. The summed E-state index contributed by atoms with van der Waals surface area (Å²) >= 11 is 0. The van der Waals surface area contributed by atoms with Gasteiger partial charge in [-0.3, -0.25) is 9.59 Å². The standard InChI is InChI=1S/C17H24N2O4/c1-17(2,3)19-10-12(9-15(19)20)18-16(21)11-6-7-13(22-4)14(8-11)23-5/h6-8,12H,9-10H2,1-5H3,(H,18,21). The van der Waals surface area contributed by atoms with Crippen LogP contribution in [0.15, 0.2) is 18.2 Å². The Morgan fingerprint density at radius 1 is 1.22 bits per heavy atom. The number of rotatable bonds is 4. The molecule has 1 aromatic rings. The van der Waals surface area contributed by atoms with Gasteiger partial charge in [0.05, 0.1) is 20.3 Å². The SMILES string of the molecule is COc1ccc(C(=O)NC2CC(=O)N(C(C)(C)C)C2)cc1OC. The van der Waals surface area contributed by atoms with E-state index in [0.717, 1.165) is 0 Å². The maximum atomic E-state index is 12.4. The number of hydrogen-bond donors (Lipinski definition) is 1. The van der Waals surface area contributed by atoms with Crippen LogP contribution in [-0.2, 0) is 4.79 Å². The Morgan fingerprint density at radius 3 is 2.39 bits per heavy atom. The predicted molar refractivity (Wildman–Crippen MR) is 86.9 cm³/mol. The van der Waals surface area contributed by atoms with Gasteiger partial charge in [0.15, 0.2) is 11.5 Å². The number of carbonyl (C=O) groups excluding carboxylic acids is 2. The molecule has 1 aliphatic heterocycles. The molecule has 6 heteroatoms. The molecule has 1 saturated heterocycles. The van der Waals surface area contributed by atoms with E-state index < -0.39 is 0 Å². The second-order valence-corrected chi connectivity index (χ2v) is 6.62. The normalized spacial score (nSPS) is 18.0. The molecule has 23 heavy (non-hydrogen) atoms. The Hall–Kier alpha value is -2.24. The van der Waals surface area contributed by atoms with Crippen molar-refractivity contribution in [3.05, 3.63) is 23.8 Å². The maximum absolute atomic E-state index is 12.4. The number of likely N-dealkylation sites (tertiary alicyclic amines) is 1. The van der Waals surface area contributed by atoms with Crippen LogP contribution < -0.4 is 14.8 Å². The summed E-state index contributed by atoms with van der Waals surface area (Å²) in [7, 11) is 3.07. The number of carbonyl (C=O) groups is 2. The molecule has 0 radical (unpaired) electrons. The van der Waals surface area contributed by atoms with Crippen molar-refractivity contribution in [1.82, 2.24) is 10.2 Å². The van der Waals surface area contributed by atoms with Gasteiger partial charge in [-0.05, 0) is 39.0 Å². The lowest BCUT2D eigenvalue weighted by atomic mass is 10.1. The van der Waals surface area contributed by atoms with Gasteiger partial charge < -0.3 is 19.7 Å². The van der Waals surface area contributed by atoms with Crippen LogP contribution in [0.2, 0.25) is 0 Å². The minimum absolute atomic E-state index is 0.0649. The van der Waals surface area contributed by atoms with Gasteiger partial charge >= 0.3 is 0 Å². The summed E-state index contributed by atoms with van der Waals surface area (Å²) in [5.74, 6) is 0.910. The van der Waals surface area contributed by atoms with Crippen LogP contribution in [0.4, 0.5) is 0 Å². The van der Waals surface area contributed by atoms with E-state index in [9.17, 15) is 9.59 Å². The van der Waals surface area contributed by atoms with Crippen LogP contribution in [0, 0.1) is 0 Å². The number of ether oxygens (including phenoxy) is 2. The summed E-state index contributed by atoms with van der Waals surface area (Å²) in [5.41, 5.74) is 0.240. The monoisotopic (exact) mass is 320 g/mol. The first-order chi connectivity index (χ1) is 10.8. The van der Waals surface area contributed by atoms with Crippen LogP contribution in [0.1, 0.15) is 37.6 Å². The number of nitrogens with one attached hydrogen (secondary N) is 1. The van der Waals surface area contributed by atoms with E-state index in [-0.39, 0.29) is 23.4 Å². The smallest absolute Gasteiger partial charge is 0.251 e. The van der Waals surface area contributed by atoms with E-state index in [2.05, 4.69) is 5.32 Å². The zero-order valence-electron chi connectivity index (χ0n) is 14.3. The second kappa shape index (κ2) is 6.48. The van der Waals surface area contributed by atoms with E-state index in [4.69, 9.17) is 9.47 Å². The highest BCUT2D eigenvalue weighted by Crippen LogP contribution is 2.28. The molecular weight excluding hydrogens is 296 g/mol. The first-order valence-electron chi connectivity index (χ1n) is 7.59. The van der Waals surface area contributed by atoms with Crippen molar-refractivity contribution in [2.24, 2.45) is 0 Å². The Labute approximate surface area is 136 Å². The number of nitrogens with zero attached hydrogens (tertiary/aromatic N) is 1. The Morgan fingerprint density at radius 2 is 1.87 bits per heavy atom. The van der Waals surface area contributed by atoms with Gasteiger partial charge in [-0.25, -0.2) is 0 Å². The third kappa shape index (κ3) is 3.75. The fourth-order valence-electron chi connectivity index (χ4n) is 2.70. The van der Waals surface area contributed by atoms with Crippen molar-refractivity contribution in [3.63, 3.8) is 0 Å². The lowest BCUT2D eigenvalue weighted by molar-refractivity contribution is -0.131. The molecule has 1 aromatic carbocycles. The summed E-state index contributed by atoms with van der Waals surface area (Å²) < 4.78 is 10.4. The number of methoxy groups -OCH3 is 2. The summed E-state index contributed by atoms with van der Waals surface area (Å²) in [6, 6.07) is 4.82. The van der Waals surface area contributed by atoms with Crippen LogP contribution in [-0.4, -0.2) is 49.1 Å². The fraction of sp³-hybridized carbons (Fsp3) is 0.529. The van der Waals surface area contributed by atoms with E-state index in [1.54, 1.807) is 30.2 Å². The molecule has 2 amide bonds. The summed E-state index contributed by atoms with van der Waals surface area (Å²) in [6.45, 7) is 6.50. The average molecular weight is 320 g/mol. The lowest BCUT2D eigenvalue weighted by Gasteiger charge is -2.32. The number of benzene rings is 1. The first-order valence-corrected chi connectivity index (χ1v) is 7.59. The van der Waals surface area contributed by atoms with E-state index in [1.165, 1.54) is 7.11 Å². The van der Waals surface area contributed by atoms with E-state index in [1.807, 2.05) is 20.8 Å². The van der Waals surface area contributed by atoms with Crippen LogP contribution in [0.5, 0.6) is 11.5 Å². The van der Waals surface area contributed by atoms with Crippen molar-refractivity contribution in [2.45, 2.75) is 38.8 Å².